The number of fused-ring (bicyclic) bond motifs is 4. The van der Waals surface area contributed by atoms with Crippen LogP contribution in [0.15, 0.2) is 54.6 Å². The minimum Gasteiger partial charge on any atom is -0.342 e. The SMILES string of the molecule is c1cc2c3c(c1)B1c4cccc5c4N(CCC5)c4cccc(c41)N3CCC2. The van der Waals surface area contributed by atoms with Gasteiger partial charge < -0.3 is 9.80 Å². The summed E-state index contributed by atoms with van der Waals surface area (Å²) in [6.45, 7) is 2.66. The molecule has 0 amide bonds. The number of para-hydroxylation sites is 2. The molecule has 0 fully saturated rings. The summed E-state index contributed by atoms with van der Waals surface area (Å²) in [5, 5.41) is 0. The van der Waals surface area contributed by atoms with E-state index in [-0.39, 0.29) is 0 Å². The van der Waals surface area contributed by atoms with E-state index in [0.29, 0.717) is 6.71 Å². The molecule has 130 valence electrons. The van der Waals surface area contributed by atoms with Crippen LogP contribution in [-0.2, 0) is 12.8 Å². The van der Waals surface area contributed by atoms with Crippen LogP contribution in [-0.4, -0.2) is 19.8 Å². The second-order valence-electron chi connectivity index (χ2n) is 8.36. The first-order valence-electron chi connectivity index (χ1n) is 10.3. The first kappa shape index (κ1) is 14.4. The number of hydrogen-bond donors (Lipinski definition) is 0. The molecule has 3 heteroatoms. The molecule has 4 aliphatic rings. The maximum absolute atomic E-state index is 2.61. The zero-order valence-corrected chi connectivity index (χ0v) is 15.4. The average molecular weight is 348 g/mol. The summed E-state index contributed by atoms with van der Waals surface area (Å²) in [4.78, 5) is 5.23. The fraction of sp³-hybridized carbons (Fsp3) is 0.250. The van der Waals surface area contributed by atoms with Crippen molar-refractivity contribution < 1.29 is 0 Å². The van der Waals surface area contributed by atoms with E-state index >= 15 is 0 Å². The van der Waals surface area contributed by atoms with E-state index in [0.717, 1.165) is 13.1 Å². The molecular formula is C24H21BN2. The Morgan fingerprint density at radius 2 is 1.15 bits per heavy atom. The number of aryl methyl sites for hydroxylation is 2. The molecule has 4 aliphatic heterocycles. The van der Waals surface area contributed by atoms with E-state index in [1.54, 1.807) is 0 Å². The van der Waals surface area contributed by atoms with E-state index in [1.165, 1.54) is 75.9 Å². The number of anilines is 4. The third-order valence-corrected chi connectivity index (χ3v) is 7.05. The normalized spacial score (nSPS) is 18.0. The predicted octanol–water partition coefficient (Wildman–Crippen LogP) is 3.00. The minimum atomic E-state index is 0.379. The lowest BCUT2D eigenvalue weighted by molar-refractivity contribution is 0.762. The van der Waals surface area contributed by atoms with Crippen molar-refractivity contribution in [2.75, 3.05) is 22.9 Å². The maximum Gasteiger partial charge on any atom is 0.252 e. The predicted molar refractivity (Wildman–Crippen MR) is 115 cm³/mol. The van der Waals surface area contributed by atoms with Crippen molar-refractivity contribution in [1.29, 1.82) is 0 Å². The molecule has 0 saturated carbocycles. The maximum atomic E-state index is 2.61. The molecular weight excluding hydrogens is 327 g/mol. The van der Waals surface area contributed by atoms with Gasteiger partial charge in [0.2, 0.25) is 0 Å². The van der Waals surface area contributed by atoms with Gasteiger partial charge in [-0.1, -0.05) is 42.5 Å². The van der Waals surface area contributed by atoms with Gasteiger partial charge in [-0.2, -0.15) is 0 Å². The van der Waals surface area contributed by atoms with Gasteiger partial charge in [0.1, 0.15) is 0 Å². The average Bonchev–Trinajstić information content (AvgIpc) is 2.73. The Labute approximate surface area is 160 Å². The molecule has 0 bridgehead atoms. The van der Waals surface area contributed by atoms with Crippen LogP contribution < -0.4 is 26.2 Å². The fourth-order valence-electron chi connectivity index (χ4n) is 6.10. The monoisotopic (exact) mass is 348 g/mol. The molecule has 3 aromatic rings. The first-order chi connectivity index (χ1) is 13.4. The second kappa shape index (κ2) is 4.98. The van der Waals surface area contributed by atoms with Gasteiger partial charge in [0.05, 0.1) is 0 Å². The summed E-state index contributed by atoms with van der Waals surface area (Å²) < 4.78 is 0. The van der Waals surface area contributed by atoms with E-state index in [4.69, 9.17) is 0 Å². The molecule has 0 saturated heterocycles. The summed E-state index contributed by atoms with van der Waals surface area (Å²) in [5.41, 5.74) is 13.5. The van der Waals surface area contributed by atoms with Crippen molar-refractivity contribution in [3.8, 4) is 0 Å². The molecule has 4 heterocycles. The summed E-state index contributed by atoms with van der Waals surface area (Å²) in [7, 11) is 0. The lowest BCUT2D eigenvalue weighted by Crippen LogP contribution is -2.63. The minimum absolute atomic E-state index is 0.379. The van der Waals surface area contributed by atoms with Crippen LogP contribution in [0.25, 0.3) is 0 Å². The van der Waals surface area contributed by atoms with Crippen molar-refractivity contribution >= 4 is 45.9 Å². The Morgan fingerprint density at radius 1 is 0.630 bits per heavy atom. The highest BCUT2D eigenvalue weighted by atomic mass is 15.2. The highest BCUT2D eigenvalue weighted by Crippen LogP contribution is 2.42. The molecule has 2 nitrogen and oxygen atoms in total. The first-order valence-corrected chi connectivity index (χ1v) is 10.3. The van der Waals surface area contributed by atoms with Gasteiger partial charge in [-0.25, -0.2) is 0 Å². The van der Waals surface area contributed by atoms with E-state index in [9.17, 15) is 0 Å². The smallest absolute Gasteiger partial charge is 0.252 e. The van der Waals surface area contributed by atoms with E-state index in [1.807, 2.05) is 0 Å². The molecule has 7 rings (SSSR count). The van der Waals surface area contributed by atoms with Gasteiger partial charge >= 0.3 is 0 Å². The van der Waals surface area contributed by atoms with Crippen molar-refractivity contribution in [2.24, 2.45) is 0 Å². The topological polar surface area (TPSA) is 6.48 Å². The van der Waals surface area contributed by atoms with Crippen molar-refractivity contribution in [3.05, 3.63) is 65.7 Å². The lowest BCUT2D eigenvalue weighted by Gasteiger charge is -2.47. The summed E-state index contributed by atoms with van der Waals surface area (Å²) in [5.74, 6) is 0. The Hall–Kier alpha value is -2.68. The van der Waals surface area contributed by atoms with E-state index < -0.39 is 0 Å². The molecule has 0 radical (unpaired) electrons. The van der Waals surface area contributed by atoms with Crippen LogP contribution in [0.1, 0.15) is 24.0 Å². The van der Waals surface area contributed by atoms with Gasteiger partial charge in [0.15, 0.2) is 0 Å². The fourth-order valence-corrected chi connectivity index (χ4v) is 6.10. The molecule has 0 aliphatic carbocycles. The van der Waals surface area contributed by atoms with Crippen LogP contribution in [0.2, 0.25) is 0 Å². The number of rotatable bonds is 0. The third-order valence-electron chi connectivity index (χ3n) is 7.05. The van der Waals surface area contributed by atoms with Gasteiger partial charge in [0.25, 0.3) is 6.71 Å². The standard InChI is InChI=1S/C24H21BN2/c1-6-16-8-4-14-26-20-12-3-13-21-22(20)25(18(10-1)23(16)26)19-11-2-7-17-9-5-15-27(21)24(17)19/h1-3,6-7,10-13H,4-5,8-9,14-15H2. The Kier molecular flexibility index (Phi) is 2.65. The number of hydrogen-bond acceptors (Lipinski definition) is 2. The zero-order chi connectivity index (χ0) is 17.5. The zero-order valence-electron chi connectivity index (χ0n) is 15.4. The van der Waals surface area contributed by atoms with Crippen LogP contribution in [0, 0.1) is 0 Å². The van der Waals surface area contributed by atoms with Crippen molar-refractivity contribution in [1.82, 2.24) is 0 Å². The summed E-state index contributed by atoms with van der Waals surface area (Å²) >= 11 is 0. The third kappa shape index (κ3) is 1.69. The van der Waals surface area contributed by atoms with Gasteiger partial charge in [0, 0.05) is 35.8 Å². The van der Waals surface area contributed by atoms with E-state index in [2.05, 4.69) is 64.4 Å². The van der Waals surface area contributed by atoms with Gasteiger partial charge in [-0.3, -0.25) is 0 Å². The molecule has 3 aromatic carbocycles. The highest BCUT2D eigenvalue weighted by molar-refractivity contribution is 7.00. The molecule has 0 spiro atoms. The van der Waals surface area contributed by atoms with Crippen LogP contribution in [0.5, 0.6) is 0 Å². The molecule has 0 N–H and O–H groups in total. The molecule has 0 aromatic heterocycles. The Balaban J connectivity index is 1.63. The highest BCUT2D eigenvalue weighted by Gasteiger charge is 2.44. The molecule has 27 heavy (non-hydrogen) atoms. The molecule has 0 atom stereocenters. The Morgan fingerprint density at radius 3 is 1.70 bits per heavy atom. The quantitative estimate of drug-likeness (QED) is 0.577. The van der Waals surface area contributed by atoms with Crippen LogP contribution >= 0.6 is 0 Å². The Bertz CT molecular complexity index is 1040. The van der Waals surface area contributed by atoms with Crippen LogP contribution in [0.4, 0.5) is 22.7 Å². The molecule has 0 unspecified atom stereocenters. The van der Waals surface area contributed by atoms with Gasteiger partial charge in [-0.05, 0) is 65.3 Å². The van der Waals surface area contributed by atoms with Crippen molar-refractivity contribution in [3.63, 3.8) is 0 Å². The summed E-state index contributed by atoms with van der Waals surface area (Å²) in [6, 6.07) is 21.0. The summed E-state index contributed by atoms with van der Waals surface area (Å²) in [6.07, 6.45) is 4.91. The number of benzene rings is 3. The van der Waals surface area contributed by atoms with Crippen molar-refractivity contribution in [2.45, 2.75) is 25.7 Å². The second-order valence-corrected chi connectivity index (χ2v) is 8.36. The van der Waals surface area contributed by atoms with Crippen LogP contribution in [0.3, 0.4) is 0 Å². The largest absolute Gasteiger partial charge is 0.342 e. The van der Waals surface area contributed by atoms with Gasteiger partial charge in [-0.15, -0.1) is 0 Å². The number of nitrogens with zero attached hydrogens (tertiary/aromatic N) is 2. The lowest BCUT2D eigenvalue weighted by atomic mass is 9.33.